The van der Waals surface area contributed by atoms with E-state index >= 15 is 0 Å². The van der Waals surface area contributed by atoms with Gasteiger partial charge in [-0.25, -0.2) is 18.6 Å². The number of hydrogen-bond donors (Lipinski definition) is 2. The normalized spacial score (nSPS) is 10.5. The smallest absolute Gasteiger partial charge is 0.173 e. The molecule has 0 spiro atoms. The molecule has 0 fully saturated rings. The summed E-state index contributed by atoms with van der Waals surface area (Å²) in [4.78, 5) is 0. The second kappa shape index (κ2) is 6.08. The third kappa shape index (κ3) is 3.27. The highest BCUT2D eigenvalue weighted by molar-refractivity contribution is 9.10. The monoisotopic (exact) mass is 330 g/mol. The Hall–Kier alpha value is -1.53. The van der Waals surface area contributed by atoms with E-state index in [1.165, 1.54) is 0 Å². The summed E-state index contributed by atoms with van der Waals surface area (Å²) in [6.07, 6.45) is 0. The van der Waals surface area contributed by atoms with Gasteiger partial charge >= 0.3 is 0 Å². The van der Waals surface area contributed by atoms with Gasteiger partial charge in [0.1, 0.15) is 5.82 Å². The Morgan fingerprint density at radius 1 is 1.00 bits per heavy atom. The van der Waals surface area contributed by atoms with Gasteiger partial charge in [-0.15, -0.1) is 0 Å². The molecule has 2 aromatic carbocycles. The zero-order valence-corrected chi connectivity index (χ0v) is 11.3. The molecular formula is C13H10BrF3N2. The summed E-state index contributed by atoms with van der Waals surface area (Å²) in [5.41, 5.74) is 5.78. The molecule has 100 valence electrons. The lowest BCUT2D eigenvalue weighted by atomic mass is 10.2. The van der Waals surface area contributed by atoms with Gasteiger partial charge in [0, 0.05) is 17.8 Å². The van der Waals surface area contributed by atoms with Gasteiger partial charge in [-0.1, -0.05) is 18.2 Å². The summed E-state index contributed by atoms with van der Waals surface area (Å²) in [7, 11) is 0. The number of hydrazine groups is 1. The van der Waals surface area contributed by atoms with E-state index in [2.05, 4.69) is 26.8 Å². The molecule has 0 heterocycles. The molecule has 0 saturated carbocycles. The van der Waals surface area contributed by atoms with Crippen molar-refractivity contribution >= 4 is 21.6 Å². The first kappa shape index (κ1) is 13.9. The second-order valence-electron chi connectivity index (χ2n) is 3.79. The van der Waals surface area contributed by atoms with E-state index in [0.717, 1.165) is 11.8 Å². The predicted molar refractivity (Wildman–Crippen MR) is 70.9 cm³/mol. The van der Waals surface area contributed by atoms with Gasteiger partial charge in [0.2, 0.25) is 0 Å². The van der Waals surface area contributed by atoms with E-state index in [4.69, 9.17) is 0 Å². The van der Waals surface area contributed by atoms with Crippen LogP contribution in [0.1, 0.15) is 5.56 Å². The van der Waals surface area contributed by atoms with Crippen molar-refractivity contribution in [3.05, 3.63) is 63.9 Å². The maximum atomic E-state index is 13.5. The first-order valence-electron chi connectivity index (χ1n) is 5.45. The fourth-order valence-electron chi connectivity index (χ4n) is 1.52. The van der Waals surface area contributed by atoms with Crippen LogP contribution in [0.2, 0.25) is 0 Å². The second-order valence-corrected chi connectivity index (χ2v) is 4.65. The van der Waals surface area contributed by atoms with Crippen molar-refractivity contribution in [2.45, 2.75) is 6.54 Å². The molecule has 2 N–H and O–H groups in total. The van der Waals surface area contributed by atoms with E-state index in [1.54, 1.807) is 12.1 Å². The molecular weight excluding hydrogens is 321 g/mol. The first-order chi connectivity index (χ1) is 9.09. The molecule has 0 saturated heterocycles. The first-order valence-corrected chi connectivity index (χ1v) is 6.24. The maximum absolute atomic E-state index is 13.5. The zero-order chi connectivity index (χ0) is 13.8. The predicted octanol–water partition coefficient (Wildman–Crippen LogP) is 3.98. The Bertz CT molecular complexity index is 576. The number of rotatable bonds is 4. The van der Waals surface area contributed by atoms with Crippen LogP contribution in [0.15, 0.2) is 40.9 Å². The quantitative estimate of drug-likeness (QED) is 0.503. The van der Waals surface area contributed by atoms with Crippen molar-refractivity contribution in [2.75, 3.05) is 5.43 Å². The molecule has 0 aromatic heterocycles. The minimum absolute atomic E-state index is 0.184. The number of para-hydroxylation sites is 1. The van der Waals surface area contributed by atoms with Crippen LogP contribution in [0.3, 0.4) is 0 Å². The van der Waals surface area contributed by atoms with Crippen LogP contribution < -0.4 is 10.9 Å². The summed E-state index contributed by atoms with van der Waals surface area (Å²) < 4.78 is 40.1. The third-order valence-electron chi connectivity index (χ3n) is 2.48. The maximum Gasteiger partial charge on any atom is 0.173 e. The lowest BCUT2D eigenvalue weighted by Crippen LogP contribution is -2.22. The highest BCUT2D eigenvalue weighted by Crippen LogP contribution is 2.24. The van der Waals surface area contributed by atoms with Crippen LogP contribution in [0.25, 0.3) is 0 Å². The SMILES string of the molecule is Fc1cc(Br)c(F)c(F)c1CNNc1ccccc1. The van der Waals surface area contributed by atoms with E-state index in [9.17, 15) is 13.2 Å². The van der Waals surface area contributed by atoms with Crippen molar-refractivity contribution in [3.8, 4) is 0 Å². The summed E-state index contributed by atoms with van der Waals surface area (Å²) in [6, 6.07) is 9.92. The number of nitrogens with one attached hydrogen (secondary N) is 2. The largest absolute Gasteiger partial charge is 0.321 e. The Morgan fingerprint density at radius 2 is 1.68 bits per heavy atom. The molecule has 0 amide bonds. The Labute approximate surface area is 116 Å². The highest BCUT2D eigenvalue weighted by atomic mass is 79.9. The van der Waals surface area contributed by atoms with E-state index in [1.807, 2.05) is 18.2 Å². The van der Waals surface area contributed by atoms with Gasteiger partial charge in [-0.2, -0.15) is 0 Å². The van der Waals surface area contributed by atoms with Gasteiger partial charge in [0.15, 0.2) is 11.6 Å². The topological polar surface area (TPSA) is 24.1 Å². The zero-order valence-electron chi connectivity index (χ0n) is 9.68. The van der Waals surface area contributed by atoms with E-state index in [0.29, 0.717) is 0 Å². The molecule has 0 unspecified atom stereocenters. The van der Waals surface area contributed by atoms with Gasteiger partial charge in [0.25, 0.3) is 0 Å². The number of halogens is 4. The van der Waals surface area contributed by atoms with Crippen molar-refractivity contribution in [2.24, 2.45) is 0 Å². The van der Waals surface area contributed by atoms with E-state index < -0.39 is 17.5 Å². The summed E-state index contributed by atoms with van der Waals surface area (Å²) in [5, 5.41) is 0. The highest BCUT2D eigenvalue weighted by Gasteiger charge is 2.17. The van der Waals surface area contributed by atoms with Crippen LogP contribution in [0, 0.1) is 17.5 Å². The van der Waals surface area contributed by atoms with Gasteiger partial charge in [-0.05, 0) is 34.1 Å². The van der Waals surface area contributed by atoms with Gasteiger partial charge in [0.05, 0.1) is 4.47 Å². The van der Waals surface area contributed by atoms with Crippen LogP contribution in [0.5, 0.6) is 0 Å². The van der Waals surface area contributed by atoms with Gasteiger partial charge in [-0.3, -0.25) is 0 Å². The van der Waals surface area contributed by atoms with Crippen molar-refractivity contribution in [1.82, 2.24) is 5.43 Å². The fourth-order valence-corrected chi connectivity index (χ4v) is 1.90. The molecule has 2 rings (SSSR count). The molecule has 19 heavy (non-hydrogen) atoms. The third-order valence-corrected chi connectivity index (χ3v) is 3.06. The van der Waals surface area contributed by atoms with Crippen LogP contribution in [-0.4, -0.2) is 0 Å². The summed E-state index contributed by atoms with van der Waals surface area (Å²) in [6.45, 7) is -0.184. The molecule has 0 aliphatic heterocycles. The molecule has 6 heteroatoms. The summed E-state index contributed by atoms with van der Waals surface area (Å²) >= 11 is 2.74. The molecule has 0 aliphatic rings. The standard InChI is InChI=1S/C13H10BrF3N2/c14-10-6-11(15)9(12(16)13(10)17)7-18-19-8-4-2-1-3-5-8/h1-6,18-19H,7H2. The Morgan fingerprint density at radius 3 is 2.37 bits per heavy atom. The van der Waals surface area contributed by atoms with E-state index in [-0.39, 0.29) is 16.6 Å². The number of hydrogen-bond acceptors (Lipinski definition) is 2. The van der Waals surface area contributed by atoms with Gasteiger partial charge < -0.3 is 5.43 Å². The van der Waals surface area contributed by atoms with Crippen LogP contribution in [-0.2, 0) is 6.54 Å². The number of benzene rings is 2. The lowest BCUT2D eigenvalue weighted by Gasteiger charge is -2.10. The number of anilines is 1. The van der Waals surface area contributed by atoms with Crippen molar-refractivity contribution in [1.29, 1.82) is 0 Å². The lowest BCUT2D eigenvalue weighted by molar-refractivity contribution is 0.470. The minimum atomic E-state index is -1.20. The molecule has 0 bridgehead atoms. The molecule has 2 aromatic rings. The molecule has 0 aliphatic carbocycles. The van der Waals surface area contributed by atoms with Crippen molar-refractivity contribution in [3.63, 3.8) is 0 Å². The van der Waals surface area contributed by atoms with Crippen molar-refractivity contribution < 1.29 is 13.2 Å². The average Bonchev–Trinajstić information content (AvgIpc) is 2.41. The molecule has 0 atom stereocenters. The Kier molecular flexibility index (Phi) is 4.44. The van der Waals surface area contributed by atoms with Crippen LogP contribution >= 0.6 is 15.9 Å². The Balaban J connectivity index is 2.06. The molecule has 0 radical (unpaired) electrons. The summed E-state index contributed by atoms with van der Waals surface area (Å²) in [5.74, 6) is -3.11. The average molecular weight is 331 g/mol. The minimum Gasteiger partial charge on any atom is -0.321 e. The fraction of sp³-hybridized carbons (Fsp3) is 0.0769. The van der Waals surface area contributed by atoms with Crippen LogP contribution in [0.4, 0.5) is 18.9 Å². The molecule has 2 nitrogen and oxygen atoms in total.